The minimum Gasteiger partial charge on any atom is -0.491 e. The number of alkyl halides is 6. The summed E-state index contributed by atoms with van der Waals surface area (Å²) in [6.07, 6.45) is -8.22. The van der Waals surface area contributed by atoms with Crippen LogP contribution in [0.1, 0.15) is 35.8 Å². The molecule has 0 spiro atoms. The number of rotatable bonds is 8. The molecule has 0 unspecified atom stereocenters. The van der Waals surface area contributed by atoms with E-state index in [4.69, 9.17) is 14.6 Å². The van der Waals surface area contributed by atoms with Crippen LogP contribution in [0.25, 0.3) is 16.8 Å². The summed E-state index contributed by atoms with van der Waals surface area (Å²) >= 11 is 0. The average molecular weight is 582 g/mol. The summed E-state index contributed by atoms with van der Waals surface area (Å²) in [5, 5.41) is 13.4. The molecule has 0 fully saturated rings. The highest BCUT2D eigenvalue weighted by molar-refractivity contribution is 5.87. The van der Waals surface area contributed by atoms with Crippen LogP contribution in [0.5, 0.6) is 23.1 Å². The van der Waals surface area contributed by atoms with E-state index in [1.165, 1.54) is 49.5 Å². The van der Waals surface area contributed by atoms with Gasteiger partial charge in [-0.15, -0.1) is 18.3 Å². The minimum absolute atomic E-state index is 0. The number of ether oxygens (including phenoxy) is 3. The second-order valence-electron chi connectivity index (χ2n) is 8.37. The molecule has 0 saturated carbocycles. The molecule has 4 rings (SSSR count). The first-order chi connectivity index (χ1) is 18.7. The first-order valence-electron chi connectivity index (χ1n) is 11.6. The zero-order valence-corrected chi connectivity index (χ0v) is 20.8. The van der Waals surface area contributed by atoms with Crippen molar-refractivity contribution in [2.24, 2.45) is 0 Å². The molecule has 0 aliphatic carbocycles. The number of benzene rings is 3. The smallest absolute Gasteiger partial charge is 0.491 e. The molecule has 13 heteroatoms. The molecule has 1 aromatic heterocycles. The third-order valence-electron chi connectivity index (χ3n) is 5.51. The average Bonchev–Trinajstić information content (AvgIpc) is 3.28. The fraction of sp³-hybridized carbons (Fsp3) is 0.214. The van der Waals surface area contributed by atoms with Crippen molar-refractivity contribution >= 4 is 5.97 Å². The van der Waals surface area contributed by atoms with Gasteiger partial charge in [-0.1, -0.05) is 19.6 Å². The number of halogens is 6. The van der Waals surface area contributed by atoms with Gasteiger partial charge in [-0.3, -0.25) is 0 Å². The van der Waals surface area contributed by atoms with Crippen molar-refractivity contribution in [3.8, 4) is 39.9 Å². The fourth-order valence-electron chi connectivity index (χ4n) is 3.79. The molecular weight excluding hydrogens is 558 g/mol. The monoisotopic (exact) mass is 582 g/mol. The van der Waals surface area contributed by atoms with E-state index in [2.05, 4.69) is 9.84 Å². The van der Waals surface area contributed by atoms with Crippen LogP contribution in [0.4, 0.5) is 26.3 Å². The van der Waals surface area contributed by atoms with E-state index in [1.807, 2.05) is 0 Å². The van der Waals surface area contributed by atoms with E-state index >= 15 is 0 Å². The Morgan fingerprint density at radius 2 is 1.56 bits per heavy atom. The Morgan fingerprint density at radius 1 is 0.951 bits per heavy atom. The molecular formula is C28H24F6N2O5. The molecule has 4 aromatic rings. The van der Waals surface area contributed by atoms with Gasteiger partial charge in [0.15, 0.2) is 0 Å². The molecule has 1 heterocycles. The number of aromatic carboxylic acids is 1. The molecule has 0 aliphatic heterocycles. The molecule has 0 bridgehead atoms. The van der Waals surface area contributed by atoms with E-state index in [0.717, 1.165) is 28.9 Å². The molecule has 0 amide bonds. The molecule has 0 aliphatic rings. The standard InChI is InChI=1S/C27H20F6N2O5.CH4/c1-3-38-23-15(2)12-18(26(28,29)30)13-22(23)35-14-21(16-4-10-20(11-5-16)40-27(31,32)33)24(34-35)39-19-8-6-17(7-9-19)25(36)37;/h4-14H,3H2,1-2H3,(H,36,37);1H4. The van der Waals surface area contributed by atoms with Gasteiger partial charge in [0, 0.05) is 6.20 Å². The quantitative estimate of drug-likeness (QED) is 0.211. The molecule has 7 nitrogen and oxygen atoms in total. The number of hydrogen-bond donors (Lipinski definition) is 1. The van der Waals surface area contributed by atoms with E-state index in [0.29, 0.717) is 5.56 Å². The van der Waals surface area contributed by atoms with E-state index in [1.54, 1.807) is 6.92 Å². The van der Waals surface area contributed by atoms with Crippen molar-refractivity contribution in [2.75, 3.05) is 6.61 Å². The van der Waals surface area contributed by atoms with E-state index < -0.39 is 29.8 Å². The molecule has 1 N–H and O–H groups in total. The van der Waals surface area contributed by atoms with Crippen LogP contribution in [0.3, 0.4) is 0 Å². The molecule has 3 aromatic carbocycles. The van der Waals surface area contributed by atoms with Crippen LogP contribution < -0.4 is 14.2 Å². The number of carbonyl (C=O) groups is 1. The van der Waals surface area contributed by atoms with Crippen LogP contribution in [-0.2, 0) is 6.18 Å². The largest absolute Gasteiger partial charge is 0.573 e. The van der Waals surface area contributed by atoms with Crippen molar-refractivity contribution in [3.63, 3.8) is 0 Å². The molecule has 0 saturated heterocycles. The Morgan fingerprint density at radius 3 is 2.10 bits per heavy atom. The lowest BCUT2D eigenvalue weighted by Gasteiger charge is -2.16. The molecule has 0 atom stereocenters. The summed E-state index contributed by atoms with van der Waals surface area (Å²) in [6, 6.07) is 11.8. The highest BCUT2D eigenvalue weighted by Gasteiger charge is 2.33. The topological polar surface area (TPSA) is 82.8 Å². The first kappa shape index (κ1) is 30.9. The number of hydrogen-bond acceptors (Lipinski definition) is 5. The van der Waals surface area contributed by atoms with Crippen molar-refractivity contribution in [3.05, 3.63) is 83.6 Å². The zero-order chi connectivity index (χ0) is 29.2. The summed E-state index contributed by atoms with van der Waals surface area (Å²) in [5.41, 5.74) is -0.300. The van der Waals surface area contributed by atoms with Gasteiger partial charge in [-0.2, -0.15) is 13.2 Å². The third kappa shape index (κ3) is 7.29. The highest BCUT2D eigenvalue weighted by atomic mass is 19.4. The Hall–Kier alpha value is -4.68. The normalized spacial score (nSPS) is 11.5. The van der Waals surface area contributed by atoms with Gasteiger partial charge in [0.05, 0.1) is 23.3 Å². The second-order valence-corrected chi connectivity index (χ2v) is 8.37. The van der Waals surface area contributed by atoms with Gasteiger partial charge in [0.25, 0.3) is 0 Å². The van der Waals surface area contributed by atoms with Crippen molar-refractivity contribution in [1.29, 1.82) is 0 Å². The van der Waals surface area contributed by atoms with Gasteiger partial charge in [0.1, 0.15) is 22.9 Å². The predicted molar refractivity (Wildman–Crippen MR) is 137 cm³/mol. The van der Waals surface area contributed by atoms with Crippen LogP contribution >= 0.6 is 0 Å². The highest BCUT2D eigenvalue weighted by Crippen LogP contribution is 2.40. The number of carboxylic acids is 1. The maximum atomic E-state index is 13.6. The SMILES string of the molecule is C.CCOc1c(C)cc(C(F)(F)F)cc1-n1cc(-c2ccc(OC(F)(F)F)cc2)c(Oc2ccc(C(=O)O)cc2)n1. The third-order valence-corrected chi connectivity index (χ3v) is 5.51. The molecule has 218 valence electrons. The van der Waals surface area contributed by atoms with Gasteiger partial charge >= 0.3 is 18.5 Å². The Labute approximate surface area is 230 Å². The Kier molecular flexibility index (Phi) is 8.90. The van der Waals surface area contributed by atoms with E-state index in [9.17, 15) is 31.1 Å². The summed E-state index contributed by atoms with van der Waals surface area (Å²) < 4.78 is 95.2. The molecule has 0 radical (unpaired) electrons. The lowest BCUT2D eigenvalue weighted by Crippen LogP contribution is -2.16. The van der Waals surface area contributed by atoms with Gasteiger partial charge in [-0.25, -0.2) is 9.48 Å². The van der Waals surface area contributed by atoms with Crippen molar-refractivity contribution < 1.29 is 50.5 Å². The summed E-state index contributed by atoms with van der Waals surface area (Å²) in [6.45, 7) is 3.26. The van der Waals surface area contributed by atoms with E-state index in [-0.39, 0.29) is 53.8 Å². The number of aromatic nitrogens is 2. The predicted octanol–water partition coefficient (Wildman–Crippen LogP) is 8.29. The number of nitrogens with zero attached hydrogens (tertiary/aromatic N) is 2. The lowest BCUT2D eigenvalue weighted by atomic mass is 10.1. The van der Waals surface area contributed by atoms with Crippen molar-refractivity contribution in [2.45, 2.75) is 33.8 Å². The van der Waals surface area contributed by atoms with Crippen molar-refractivity contribution in [1.82, 2.24) is 9.78 Å². The first-order valence-corrected chi connectivity index (χ1v) is 11.6. The minimum atomic E-state index is -4.90. The maximum Gasteiger partial charge on any atom is 0.573 e. The van der Waals surface area contributed by atoms with Crippen LogP contribution in [-0.4, -0.2) is 33.8 Å². The zero-order valence-electron chi connectivity index (χ0n) is 20.8. The number of aryl methyl sites for hydroxylation is 1. The Balaban J connectivity index is 0.00000462. The summed E-state index contributed by atoms with van der Waals surface area (Å²) in [5.74, 6) is -1.48. The van der Waals surface area contributed by atoms with Crippen LogP contribution in [0.15, 0.2) is 66.9 Å². The molecule has 41 heavy (non-hydrogen) atoms. The van der Waals surface area contributed by atoms with Gasteiger partial charge in [0.2, 0.25) is 5.88 Å². The van der Waals surface area contributed by atoms with Gasteiger partial charge < -0.3 is 19.3 Å². The summed E-state index contributed by atoms with van der Waals surface area (Å²) in [4.78, 5) is 11.2. The van der Waals surface area contributed by atoms with Crippen LogP contribution in [0.2, 0.25) is 0 Å². The van der Waals surface area contributed by atoms with Crippen LogP contribution in [0, 0.1) is 6.92 Å². The fourth-order valence-corrected chi connectivity index (χ4v) is 3.79. The summed E-state index contributed by atoms with van der Waals surface area (Å²) in [7, 11) is 0. The Bertz CT molecular complexity index is 1510. The van der Waals surface area contributed by atoms with Gasteiger partial charge in [-0.05, 0) is 73.5 Å². The lowest BCUT2D eigenvalue weighted by molar-refractivity contribution is -0.274. The second kappa shape index (κ2) is 11.8. The maximum absolute atomic E-state index is 13.6. The number of carboxylic acid groups (broad SMARTS) is 1.